The standard InChI is InChI=1S/C10H15NO3/c12-8-3-4-9-7(6-8)2-1-5-11(9)10(13)14/h7,9H,1-6H2,(H,13,14)/t7-,9+/m0/s1. The van der Waals surface area contributed by atoms with Crippen LogP contribution in [-0.2, 0) is 4.79 Å². The molecule has 0 radical (unpaired) electrons. The molecule has 4 nitrogen and oxygen atoms in total. The van der Waals surface area contributed by atoms with E-state index in [0.717, 1.165) is 19.3 Å². The summed E-state index contributed by atoms with van der Waals surface area (Å²) in [6.45, 7) is 0.644. The summed E-state index contributed by atoms with van der Waals surface area (Å²) in [5.74, 6) is 0.597. The van der Waals surface area contributed by atoms with Crippen molar-refractivity contribution in [3.63, 3.8) is 0 Å². The van der Waals surface area contributed by atoms with Gasteiger partial charge in [-0.2, -0.15) is 0 Å². The van der Waals surface area contributed by atoms with E-state index in [0.29, 0.717) is 31.1 Å². The van der Waals surface area contributed by atoms with Crippen molar-refractivity contribution in [2.24, 2.45) is 5.92 Å². The van der Waals surface area contributed by atoms with Gasteiger partial charge in [0, 0.05) is 25.4 Å². The molecule has 1 aliphatic carbocycles. The predicted molar refractivity (Wildman–Crippen MR) is 50.1 cm³/mol. The number of fused-ring (bicyclic) bond motifs is 1. The van der Waals surface area contributed by atoms with Crippen LogP contribution < -0.4 is 0 Å². The summed E-state index contributed by atoms with van der Waals surface area (Å²) in [4.78, 5) is 23.7. The number of carboxylic acid groups (broad SMARTS) is 1. The minimum atomic E-state index is -0.825. The summed E-state index contributed by atoms with van der Waals surface area (Å²) in [5.41, 5.74) is 0. The smallest absolute Gasteiger partial charge is 0.407 e. The quantitative estimate of drug-likeness (QED) is 0.640. The average molecular weight is 197 g/mol. The lowest BCUT2D eigenvalue weighted by Crippen LogP contribution is -2.50. The van der Waals surface area contributed by atoms with E-state index in [1.165, 1.54) is 4.90 Å². The second-order valence-corrected chi connectivity index (χ2v) is 4.23. The Hall–Kier alpha value is -1.06. The zero-order chi connectivity index (χ0) is 10.1. The van der Waals surface area contributed by atoms with Crippen LogP contribution in [0.4, 0.5) is 4.79 Å². The van der Waals surface area contributed by atoms with Crippen LogP contribution in [0.5, 0.6) is 0 Å². The van der Waals surface area contributed by atoms with Gasteiger partial charge in [0.15, 0.2) is 0 Å². The number of rotatable bonds is 0. The molecule has 1 heterocycles. The minimum absolute atomic E-state index is 0.110. The first-order chi connectivity index (χ1) is 6.68. The Morgan fingerprint density at radius 3 is 2.93 bits per heavy atom. The number of hydrogen-bond acceptors (Lipinski definition) is 2. The minimum Gasteiger partial charge on any atom is -0.465 e. The molecule has 2 rings (SSSR count). The zero-order valence-electron chi connectivity index (χ0n) is 8.11. The topological polar surface area (TPSA) is 57.6 Å². The average Bonchev–Trinajstić information content (AvgIpc) is 2.16. The van der Waals surface area contributed by atoms with Gasteiger partial charge in [0.2, 0.25) is 0 Å². The van der Waals surface area contributed by atoms with E-state index in [1.54, 1.807) is 0 Å². The number of ketones is 1. The third-order valence-electron chi connectivity index (χ3n) is 3.37. The van der Waals surface area contributed by atoms with Crippen molar-refractivity contribution in [2.75, 3.05) is 6.54 Å². The molecule has 0 aromatic rings. The van der Waals surface area contributed by atoms with Crippen molar-refractivity contribution in [3.05, 3.63) is 0 Å². The highest BCUT2D eigenvalue weighted by molar-refractivity contribution is 5.80. The molecular weight excluding hydrogens is 182 g/mol. The van der Waals surface area contributed by atoms with Crippen molar-refractivity contribution in [2.45, 2.75) is 38.1 Å². The zero-order valence-corrected chi connectivity index (χ0v) is 8.11. The van der Waals surface area contributed by atoms with Crippen molar-refractivity contribution in [1.29, 1.82) is 0 Å². The Kier molecular flexibility index (Phi) is 2.44. The van der Waals surface area contributed by atoms with Crippen LogP contribution in [0.15, 0.2) is 0 Å². The number of piperidine rings is 1. The van der Waals surface area contributed by atoms with Crippen LogP contribution in [0.3, 0.4) is 0 Å². The third-order valence-corrected chi connectivity index (χ3v) is 3.37. The summed E-state index contributed by atoms with van der Waals surface area (Å²) in [6, 6.07) is 0.110. The Morgan fingerprint density at radius 1 is 1.43 bits per heavy atom. The summed E-state index contributed by atoms with van der Waals surface area (Å²) >= 11 is 0. The number of Topliss-reactive ketones (excluding diaryl/α,β-unsaturated/α-hetero) is 1. The van der Waals surface area contributed by atoms with E-state index in [1.807, 2.05) is 0 Å². The Labute approximate surface area is 82.9 Å². The first-order valence-electron chi connectivity index (χ1n) is 5.20. The highest BCUT2D eigenvalue weighted by atomic mass is 16.4. The molecule has 2 aliphatic rings. The molecule has 2 atom stereocenters. The van der Waals surface area contributed by atoms with Gasteiger partial charge in [-0.3, -0.25) is 4.79 Å². The highest BCUT2D eigenvalue weighted by Crippen LogP contribution is 2.33. The summed E-state index contributed by atoms with van der Waals surface area (Å²) in [6.07, 6.45) is 2.98. The maximum absolute atomic E-state index is 11.2. The highest BCUT2D eigenvalue weighted by Gasteiger charge is 2.37. The van der Waals surface area contributed by atoms with Gasteiger partial charge in [-0.1, -0.05) is 0 Å². The fourth-order valence-corrected chi connectivity index (χ4v) is 2.71. The Bertz CT molecular complexity index is 264. The van der Waals surface area contributed by atoms with Crippen LogP contribution >= 0.6 is 0 Å². The molecule has 0 unspecified atom stereocenters. The molecule has 0 bridgehead atoms. The molecule has 1 amide bonds. The molecule has 1 aliphatic heterocycles. The summed E-state index contributed by atoms with van der Waals surface area (Å²) < 4.78 is 0. The van der Waals surface area contributed by atoms with Crippen LogP contribution in [0.2, 0.25) is 0 Å². The second kappa shape index (κ2) is 3.59. The fraction of sp³-hybridized carbons (Fsp3) is 0.800. The Balaban J connectivity index is 2.09. The monoisotopic (exact) mass is 197 g/mol. The van der Waals surface area contributed by atoms with Gasteiger partial charge in [-0.15, -0.1) is 0 Å². The number of likely N-dealkylation sites (tertiary alicyclic amines) is 1. The van der Waals surface area contributed by atoms with E-state index in [-0.39, 0.29) is 6.04 Å². The molecular formula is C10H15NO3. The van der Waals surface area contributed by atoms with E-state index in [9.17, 15) is 9.59 Å². The molecule has 1 saturated carbocycles. The molecule has 0 spiro atoms. The first-order valence-corrected chi connectivity index (χ1v) is 5.20. The van der Waals surface area contributed by atoms with Crippen molar-refractivity contribution in [1.82, 2.24) is 4.90 Å². The molecule has 0 aromatic heterocycles. The van der Waals surface area contributed by atoms with Gasteiger partial charge in [0.05, 0.1) is 0 Å². The lowest BCUT2D eigenvalue weighted by molar-refractivity contribution is -0.123. The van der Waals surface area contributed by atoms with Crippen molar-refractivity contribution in [3.8, 4) is 0 Å². The molecule has 0 aromatic carbocycles. The number of hydrogen-bond donors (Lipinski definition) is 1. The molecule has 14 heavy (non-hydrogen) atoms. The predicted octanol–water partition coefficient (Wildman–Crippen LogP) is 1.50. The van der Waals surface area contributed by atoms with Crippen molar-refractivity contribution >= 4 is 11.9 Å². The Morgan fingerprint density at radius 2 is 2.21 bits per heavy atom. The van der Waals surface area contributed by atoms with Gasteiger partial charge in [0.25, 0.3) is 0 Å². The molecule has 1 saturated heterocycles. The van der Waals surface area contributed by atoms with Gasteiger partial charge < -0.3 is 10.0 Å². The van der Waals surface area contributed by atoms with Gasteiger partial charge in [0.1, 0.15) is 5.78 Å². The largest absolute Gasteiger partial charge is 0.465 e. The maximum atomic E-state index is 11.2. The van der Waals surface area contributed by atoms with Gasteiger partial charge >= 0.3 is 6.09 Å². The number of amides is 1. The lowest BCUT2D eigenvalue weighted by atomic mass is 9.78. The van der Waals surface area contributed by atoms with Gasteiger partial charge in [-0.05, 0) is 25.2 Å². The van der Waals surface area contributed by atoms with Crippen molar-refractivity contribution < 1.29 is 14.7 Å². The lowest BCUT2D eigenvalue weighted by Gasteiger charge is -2.42. The van der Waals surface area contributed by atoms with Crippen LogP contribution in [0, 0.1) is 5.92 Å². The molecule has 4 heteroatoms. The number of carbonyl (C=O) groups excluding carboxylic acids is 1. The summed E-state index contributed by atoms with van der Waals surface area (Å²) in [7, 11) is 0. The maximum Gasteiger partial charge on any atom is 0.407 e. The second-order valence-electron chi connectivity index (χ2n) is 4.23. The van der Waals surface area contributed by atoms with Crippen LogP contribution in [0.1, 0.15) is 32.1 Å². The van der Waals surface area contributed by atoms with E-state index in [2.05, 4.69) is 0 Å². The van der Waals surface area contributed by atoms with E-state index < -0.39 is 6.09 Å². The van der Waals surface area contributed by atoms with E-state index >= 15 is 0 Å². The number of nitrogens with zero attached hydrogens (tertiary/aromatic N) is 1. The molecule has 78 valence electrons. The summed E-state index contributed by atoms with van der Waals surface area (Å²) in [5, 5.41) is 8.98. The van der Waals surface area contributed by atoms with Gasteiger partial charge in [-0.25, -0.2) is 4.79 Å². The van der Waals surface area contributed by atoms with Crippen LogP contribution in [-0.4, -0.2) is 34.5 Å². The normalized spacial score (nSPS) is 32.6. The first kappa shape index (κ1) is 9.49. The SMILES string of the molecule is O=C1CC[C@@H]2[C@@H](CCCN2C(=O)O)C1. The number of carbonyl (C=O) groups is 2. The third kappa shape index (κ3) is 1.61. The molecule has 2 fully saturated rings. The fourth-order valence-electron chi connectivity index (χ4n) is 2.71. The van der Waals surface area contributed by atoms with Crippen LogP contribution in [0.25, 0.3) is 0 Å². The molecule has 1 N–H and O–H groups in total. The van der Waals surface area contributed by atoms with E-state index in [4.69, 9.17) is 5.11 Å².